The van der Waals surface area contributed by atoms with E-state index in [9.17, 15) is 14.4 Å². The van der Waals surface area contributed by atoms with Crippen LogP contribution in [0.15, 0.2) is 18.5 Å². The van der Waals surface area contributed by atoms with Gasteiger partial charge < -0.3 is 20.9 Å². The number of likely N-dealkylation sites (tertiary alicyclic amines) is 1. The number of anilines is 1. The molecule has 0 radical (unpaired) electrons. The number of nitrogens with one attached hydrogen (secondary N) is 3. The van der Waals surface area contributed by atoms with Crippen LogP contribution in [0.4, 0.5) is 10.3 Å². The maximum absolute atomic E-state index is 13.7. The number of carbonyl (C=O) groups excluding carboxylic acids is 1. The number of aromatic nitrogens is 2. The number of carbonyl (C=O) groups is 1. The predicted molar refractivity (Wildman–Crippen MR) is 131 cm³/mol. The van der Waals surface area contributed by atoms with Gasteiger partial charge in [-0.05, 0) is 75.8 Å². The van der Waals surface area contributed by atoms with Crippen molar-refractivity contribution in [2.45, 2.75) is 87.1 Å². The van der Waals surface area contributed by atoms with Crippen molar-refractivity contribution >= 4 is 11.9 Å². The number of nitrogens with zero attached hydrogens (tertiary/aromatic N) is 5. The van der Waals surface area contributed by atoms with Crippen LogP contribution in [0.2, 0.25) is 0 Å². The van der Waals surface area contributed by atoms with Gasteiger partial charge in [-0.25, -0.2) is 14.4 Å². The van der Waals surface area contributed by atoms with E-state index in [4.69, 9.17) is 5.26 Å². The van der Waals surface area contributed by atoms with E-state index in [0.29, 0.717) is 17.8 Å². The van der Waals surface area contributed by atoms with E-state index in [0.717, 1.165) is 51.5 Å². The maximum Gasteiger partial charge on any atom is 0.237 e. The van der Waals surface area contributed by atoms with E-state index < -0.39 is 12.2 Å². The van der Waals surface area contributed by atoms with E-state index in [2.05, 4.69) is 38.1 Å². The summed E-state index contributed by atoms with van der Waals surface area (Å²) < 4.78 is 13.7. The fourth-order valence-corrected chi connectivity index (χ4v) is 7.56. The average molecular weight is 495 g/mol. The number of hydrogen-bond donors (Lipinski definition) is 3. The van der Waals surface area contributed by atoms with Gasteiger partial charge in [-0.15, -0.1) is 0 Å². The van der Waals surface area contributed by atoms with Crippen LogP contribution >= 0.6 is 0 Å². The minimum Gasteiger partial charge on any atom is -0.349 e. The van der Waals surface area contributed by atoms with Gasteiger partial charge in [-0.3, -0.25) is 4.79 Å². The van der Waals surface area contributed by atoms with Crippen LogP contribution in [0, 0.1) is 34.5 Å². The molecule has 5 atom stereocenters. The standard InChI is InChI=1S/C21H27FN6O.C5H8N2/c22-16-5-17(10-23)28(12-16)18(29)11-26-20-6-14-4-15(7-20)9-21(8-14,13-20)27-19-24-2-1-3-25-19;6-4-5-2-1-3-7-5/h1-3,14-17,26H,4-9,11-13H2,(H,24,25,27);5,7H,1-3H2/t14?,15?,16-,17-,20?,21?;/m0./s1. The smallest absolute Gasteiger partial charge is 0.237 e. The summed E-state index contributed by atoms with van der Waals surface area (Å²) in [4.78, 5) is 22.9. The molecule has 1 amide bonds. The molecule has 10 heteroatoms. The van der Waals surface area contributed by atoms with Gasteiger partial charge in [-0.1, -0.05) is 0 Å². The number of halogens is 1. The number of nitriles is 2. The molecule has 192 valence electrons. The van der Waals surface area contributed by atoms with E-state index in [1.807, 2.05) is 6.07 Å². The molecule has 0 aromatic carbocycles. The molecule has 6 aliphatic rings. The lowest BCUT2D eigenvalue weighted by atomic mass is 9.50. The van der Waals surface area contributed by atoms with Crippen LogP contribution < -0.4 is 16.0 Å². The van der Waals surface area contributed by atoms with Gasteiger partial charge in [0.2, 0.25) is 11.9 Å². The minimum absolute atomic E-state index is 0.0334. The third-order valence-corrected chi connectivity index (χ3v) is 8.55. The summed E-state index contributed by atoms with van der Waals surface area (Å²) in [5.74, 6) is 1.76. The third kappa shape index (κ3) is 5.30. The predicted octanol–water partition coefficient (Wildman–Crippen LogP) is 2.29. The van der Waals surface area contributed by atoms with E-state index in [-0.39, 0.29) is 42.5 Å². The molecule has 0 spiro atoms. The highest BCUT2D eigenvalue weighted by molar-refractivity contribution is 5.79. The quantitative estimate of drug-likeness (QED) is 0.569. The number of hydrogen-bond acceptors (Lipinski definition) is 8. The molecular formula is C26H35FN8O. The molecular weight excluding hydrogens is 459 g/mol. The first-order valence-corrected chi connectivity index (χ1v) is 13.2. The first-order chi connectivity index (χ1) is 17.4. The van der Waals surface area contributed by atoms with Gasteiger partial charge in [0.15, 0.2) is 0 Å². The lowest BCUT2D eigenvalue weighted by molar-refractivity contribution is -0.131. The molecule has 1 aromatic rings. The Bertz CT molecular complexity index is 1000. The molecule has 6 fully saturated rings. The van der Waals surface area contributed by atoms with Crippen molar-refractivity contribution in [2.75, 3.05) is 25.0 Å². The van der Waals surface area contributed by atoms with Crippen molar-refractivity contribution in [3.8, 4) is 12.1 Å². The van der Waals surface area contributed by atoms with Crippen LogP contribution in [0.1, 0.15) is 57.8 Å². The number of amides is 1. The summed E-state index contributed by atoms with van der Waals surface area (Å²) in [6.07, 6.45) is 11.3. The summed E-state index contributed by atoms with van der Waals surface area (Å²) in [7, 11) is 0. The Hall–Kier alpha value is -2.82. The average Bonchev–Trinajstić information content (AvgIpc) is 3.52. The zero-order chi connectivity index (χ0) is 25.2. The molecule has 4 saturated carbocycles. The lowest BCUT2D eigenvalue weighted by Crippen LogP contribution is -2.67. The van der Waals surface area contributed by atoms with Crippen molar-refractivity contribution in [3.05, 3.63) is 18.5 Å². The molecule has 4 aliphatic carbocycles. The zero-order valence-corrected chi connectivity index (χ0v) is 20.6. The fourth-order valence-electron chi connectivity index (χ4n) is 7.56. The highest BCUT2D eigenvalue weighted by atomic mass is 19.1. The number of rotatable bonds is 5. The molecule has 3 heterocycles. The monoisotopic (exact) mass is 494 g/mol. The molecule has 36 heavy (non-hydrogen) atoms. The summed E-state index contributed by atoms with van der Waals surface area (Å²) in [5, 5.41) is 27.7. The Morgan fingerprint density at radius 2 is 1.86 bits per heavy atom. The molecule has 3 N–H and O–H groups in total. The van der Waals surface area contributed by atoms with Crippen LogP contribution in [-0.2, 0) is 4.79 Å². The van der Waals surface area contributed by atoms with E-state index >= 15 is 0 Å². The summed E-state index contributed by atoms with van der Waals surface area (Å²) in [6, 6.07) is 5.55. The van der Waals surface area contributed by atoms with Gasteiger partial charge in [-0.2, -0.15) is 10.5 Å². The SMILES string of the molecule is N#CC1CCCN1.N#C[C@@H]1C[C@H](F)CN1C(=O)CNC12CC3CC(C1)CC(Nc1ncccn1)(C3)C2. The molecule has 2 aliphatic heterocycles. The highest BCUT2D eigenvalue weighted by Crippen LogP contribution is 2.58. The molecule has 9 nitrogen and oxygen atoms in total. The van der Waals surface area contributed by atoms with E-state index in [1.165, 1.54) is 11.3 Å². The van der Waals surface area contributed by atoms with Crippen molar-refractivity contribution in [2.24, 2.45) is 11.8 Å². The number of alkyl halides is 1. The molecule has 3 unspecified atom stereocenters. The van der Waals surface area contributed by atoms with Crippen molar-refractivity contribution in [1.82, 2.24) is 25.5 Å². The summed E-state index contributed by atoms with van der Waals surface area (Å²) in [5.41, 5.74) is -0.118. The van der Waals surface area contributed by atoms with Crippen LogP contribution in [0.5, 0.6) is 0 Å². The van der Waals surface area contributed by atoms with Crippen LogP contribution in [0.25, 0.3) is 0 Å². The van der Waals surface area contributed by atoms with Crippen molar-refractivity contribution in [3.63, 3.8) is 0 Å². The van der Waals surface area contributed by atoms with Gasteiger partial charge in [0.1, 0.15) is 12.2 Å². The Balaban J connectivity index is 0.000000330. The van der Waals surface area contributed by atoms with Gasteiger partial charge in [0.05, 0.1) is 31.3 Å². The Kier molecular flexibility index (Phi) is 7.09. The second-order valence-electron chi connectivity index (χ2n) is 11.4. The zero-order valence-electron chi connectivity index (χ0n) is 20.6. The third-order valence-electron chi connectivity index (χ3n) is 8.55. The van der Waals surface area contributed by atoms with Gasteiger partial charge >= 0.3 is 0 Å². The molecule has 7 rings (SSSR count). The molecule has 1 aromatic heterocycles. The largest absolute Gasteiger partial charge is 0.349 e. The second kappa shape index (κ2) is 10.3. The van der Waals surface area contributed by atoms with Crippen molar-refractivity contribution in [1.29, 1.82) is 10.5 Å². The van der Waals surface area contributed by atoms with Gasteiger partial charge in [0.25, 0.3) is 0 Å². The lowest BCUT2D eigenvalue weighted by Gasteiger charge is -2.62. The van der Waals surface area contributed by atoms with Crippen LogP contribution in [-0.4, -0.2) is 69.7 Å². The maximum atomic E-state index is 13.7. The fraction of sp³-hybridized carbons (Fsp3) is 0.731. The normalized spacial score (nSPS) is 38.1. The molecule has 4 bridgehead atoms. The Morgan fingerprint density at radius 1 is 1.14 bits per heavy atom. The van der Waals surface area contributed by atoms with Crippen LogP contribution in [0.3, 0.4) is 0 Å². The highest BCUT2D eigenvalue weighted by Gasteiger charge is 2.58. The van der Waals surface area contributed by atoms with Crippen molar-refractivity contribution < 1.29 is 9.18 Å². The summed E-state index contributed by atoms with van der Waals surface area (Å²) >= 11 is 0. The Labute approximate surface area is 211 Å². The van der Waals surface area contributed by atoms with Gasteiger partial charge in [0, 0.05) is 29.9 Å². The Morgan fingerprint density at radius 3 is 2.47 bits per heavy atom. The first-order valence-electron chi connectivity index (χ1n) is 13.2. The second-order valence-corrected chi connectivity index (χ2v) is 11.4. The topological polar surface area (TPSA) is 130 Å². The first kappa shape index (κ1) is 24.9. The minimum atomic E-state index is -1.10. The molecule has 2 saturated heterocycles. The van der Waals surface area contributed by atoms with E-state index in [1.54, 1.807) is 12.4 Å². The summed E-state index contributed by atoms with van der Waals surface area (Å²) in [6.45, 7) is 1.23.